The second-order valence-corrected chi connectivity index (χ2v) is 6.99. The Labute approximate surface area is 110 Å². The van der Waals surface area contributed by atoms with Crippen molar-refractivity contribution in [3.8, 4) is 0 Å². The van der Waals surface area contributed by atoms with E-state index in [1.54, 1.807) is 6.07 Å². The average molecular weight is 281 g/mol. The van der Waals surface area contributed by atoms with Crippen molar-refractivity contribution in [3.05, 3.63) is 18.0 Å². The Morgan fingerprint density at radius 3 is 3.00 bits per heavy atom. The Morgan fingerprint density at radius 1 is 1.37 bits per heavy atom. The van der Waals surface area contributed by atoms with Crippen LogP contribution in [-0.4, -0.2) is 47.5 Å². The first-order chi connectivity index (χ1) is 9.02. The van der Waals surface area contributed by atoms with Crippen molar-refractivity contribution in [2.24, 2.45) is 0 Å². The van der Waals surface area contributed by atoms with E-state index in [4.69, 9.17) is 5.73 Å². The number of fused-ring (bicyclic) bond motifs is 1. The molecule has 0 aliphatic carbocycles. The minimum Gasteiger partial charge on any atom is -0.384 e. The van der Waals surface area contributed by atoms with Crippen LogP contribution in [0.25, 0.3) is 11.2 Å². The molecular formula is C11H15N5O2S. The van der Waals surface area contributed by atoms with Gasteiger partial charge in [-0.1, -0.05) is 0 Å². The molecule has 0 saturated carbocycles. The number of H-pyrrole nitrogens is 1. The number of nitrogens with one attached hydrogen (secondary N) is 2. The maximum Gasteiger partial charge on any atom is 0.179 e. The average Bonchev–Trinajstić information content (AvgIpc) is 2.68. The number of pyridine rings is 1. The van der Waals surface area contributed by atoms with Crippen LogP contribution < -0.4 is 11.1 Å². The standard InChI is InChI=1S/C11H15N5O2S/c12-9-2-1-8-11(15-9)16-10(14-8)5-7-6-19(17,18)4-3-13-7/h1-2,7,13H,3-6H2,(H3,12,14,15,16). The molecule has 4 N–H and O–H groups in total. The van der Waals surface area contributed by atoms with Gasteiger partial charge in [-0.2, -0.15) is 0 Å². The minimum atomic E-state index is -2.93. The number of anilines is 1. The second-order valence-electron chi connectivity index (χ2n) is 4.76. The Morgan fingerprint density at radius 2 is 2.21 bits per heavy atom. The lowest BCUT2D eigenvalue weighted by atomic mass is 10.2. The molecule has 1 atom stereocenters. The third-order valence-corrected chi connectivity index (χ3v) is 4.89. The largest absolute Gasteiger partial charge is 0.384 e. The first kappa shape index (κ1) is 12.4. The first-order valence-electron chi connectivity index (χ1n) is 6.07. The lowest BCUT2D eigenvalue weighted by Crippen LogP contribution is -2.46. The molecule has 2 aromatic heterocycles. The van der Waals surface area contributed by atoms with E-state index in [1.165, 1.54) is 0 Å². The summed E-state index contributed by atoms with van der Waals surface area (Å²) in [6.45, 7) is 0.498. The molecule has 3 heterocycles. The number of aromatic amines is 1. The summed E-state index contributed by atoms with van der Waals surface area (Å²) in [6.07, 6.45) is 0.537. The van der Waals surface area contributed by atoms with Crippen LogP contribution in [0, 0.1) is 0 Å². The maximum atomic E-state index is 11.6. The highest BCUT2D eigenvalue weighted by molar-refractivity contribution is 7.91. The van der Waals surface area contributed by atoms with E-state index in [0.29, 0.717) is 24.4 Å². The quantitative estimate of drug-likeness (QED) is 0.682. The van der Waals surface area contributed by atoms with E-state index in [9.17, 15) is 8.42 Å². The molecular weight excluding hydrogens is 266 g/mol. The zero-order valence-corrected chi connectivity index (χ0v) is 11.1. The van der Waals surface area contributed by atoms with Gasteiger partial charge in [0, 0.05) is 19.0 Å². The molecule has 0 radical (unpaired) electrons. The number of aromatic nitrogens is 3. The van der Waals surface area contributed by atoms with Crippen LogP contribution in [0.1, 0.15) is 5.82 Å². The van der Waals surface area contributed by atoms with Crippen LogP contribution >= 0.6 is 0 Å². The van der Waals surface area contributed by atoms with E-state index >= 15 is 0 Å². The fourth-order valence-electron chi connectivity index (χ4n) is 2.29. The van der Waals surface area contributed by atoms with Gasteiger partial charge in [0.1, 0.15) is 11.6 Å². The van der Waals surface area contributed by atoms with Crippen molar-refractivity contribution < 1.29 is 8.42 Å². The SMILES string of the molecule is Nc1ccc2[nH]c(CC3CS(=O)(=O)CCN3)nc2n1. The van der Waals surface area contributed by atoms with Crippen molar-refractivity contribution in [2.75, 3.05) is 23.8 Å². The van der Waals surface area contributed by atoms with Gasteiger partial charge in [-0.25, -0.2) is 18.4 Å². The van der Waals surface area contributed by atoms with Gasteiger partial charge in [-0.15, -0.1) is 0 Å². The number of hydrogen-bond donors (Lipinski definition) is 3. The van der Waals surface area contributed by atoms with Gasteiger partial charge in [0.2, 0.25) is 0 Å². The van der Waals surface area contributed by atoms with Crippen LogP contribution in [0.4, 0.5) is 5.82 Å². The van der Waals surface area contributed by atoms with Crippen LogP contribution in [-0.2, 0) is 16.3 Å². The number of nitrogens with two attached hydrogens (primary N) is 1. The molecule has 3 rings (SSSR count). The van der Waals surface area contributed by atoms with Crippen LogP contribution in [0.2, 0.25) is 0 Å². The molecule has 1 unspecified atom stereocenters. The van der Waals surface area contributed by atoms with Crippen LogP contribution in [0.3, 0.4) is 0 Å². The number of nitrogens with zero attached hydrogens (tertiary/aromatic N) is 2. The molecule has 1 fully saturated rings. The maximum absolute atomic E-state index is 11.6. The summed E-state index contributed by atoms with van der Waals surface area (Å²) < 4.78 is 23.1. The molecule has 0 aromatic carbocycles. The summed E-state index contributed by atoms with van der Waals surface area (Å²) in [6, 6.07) is 3.42. The van der Waals surface area contributed by atoms with Crippen LogP contribution in [0.15, 0.2) is 12.1 Å². The zero-order valence-electron chi connectivity index (χ0n) is 10.3. The van der Waals surface area contributed by atoms with Gasteiger partial charge >= 0.3 is 0 Å². The molecule has 1 aliphatic rings. The van der Waals surface area contributed by atoms with Gasteiger partial charge in [-0.3, -0.25) is 0 Å². The number of hydrogen-bond acceptors (Lipinski definition) is 6. The van der Waals surface area contributed by atoms with Gasteiger partial charge in [-0.05, 0) is 12.1 Å². The van der Waals surface area contributed by atoms with E-state index in [2.05, 4.69) is 20.3 Å². The molecule has 0 bridgehead atoms. The second kappa shape index (κ2) is 4.46. The summed E-state index contributed by atoms with van der Waals surface area (Å²) in [5.74, 6) is 1.51. The topological polar surface area (TPSA) is 114 Å². The highest BCUT2D eigenvalue weighted by Crippen LogP contribution is 2.13. The minimum absolute atomic E-state index is 0.100. The highest BCUT2D eigenvalue weighted by Gasteiger charge is 2.25. The van der Waals surface area contributed by atoms with Crippen molar-refractivity contribution in [2.45, 2.75) is 12.5 Å². The van der Waals surface area contributed by atoms with Crippen molar-refractivity contribution >= 4 is 26.8 Å². The third-order valence-electron chi connectivity index (χ3n) is 3.16. The number of nitrogen functional groups attached to an aromatic ring is 1. The lowest BCUT2D eigenvalue weighted by Gasteiger charge is -2.22. The highest BCUT2D eigenvalue weighted by atomic mass is 32.2. The summed E-state index contributed by atoms with van der Waals surface area (Å²) in [7, 11) is -2.93. The molecule has 0 amide bonds. The Hall–Kier alpha value is -1.67. The van der Waals surface area contributed by atoms with Gasteiger partial charge in [0.15, 0.2) is 15.5 Å². The van der Waals surface area contributed by atoms with Crippen molar-refractivity contribution in [3.63, 3.8) is 0 Å². The fraction of sp³-hybridized carbons (Fsp3) is 0.455. The monoisotopic (exact) mass is 281 g/mol. The van der Waals surface area contributed by atoms with Gasteiger partial charge < -0.3 is 16.0 Å². The molecule has 0 spiro atoms. The van der Waals surface area contributed by atoms with Crippen LogP contribution in [0.5, 0.6) is 0 Å². The van der Waals surface area contributed by atoms with Gasteiger partial charge in [0.25, 0.3) is 0 Å². The molecule has 102 valence electrons. The smallest absolute Gasteiger partial charge is 0.179 e. The predicted molar refractivity (Wildman–Crippen MR) is 72.4 cm³/mol. The lowest BCUT2D eigenvalue weighted by molar-refractivity contribution is 0.510. The Kier molecular flexibility index (Phi) is 2.90. The number of imidazole rings is 1. The van der Waals surface area contributed by atoms with Gasteiger partial charge in [0.05, 0.1) is 17.0 Å². The summed E-state index contributed by atoms with van der Waals surface area (Å²) in [5.41, 5.74) is 6.97. The molecule has 1 saturated heterocycles. The molecule has 8 heteroatoms. The van der Waals surface area contributed by atoms with E-state index in [1.807, 2.05) is 6.07 Å². The number of sulfone groups is 1. The number of rotatable bonds is 2. The normalized spacial score (nSPS) is 22.6. The van der Waals surface area contributed by atoms with Crippen molar-refractivity contribution in [1.82, 2.24) is 20.3 Å². The Balaban J connectivity index is 1.81. The zero-order chi connectivity index (χ0) is 13.5. The van der Waals surface area contributed by atoms with E-state index in [0.717, 1.165) is 11.3 Å². The summed E-state index contributed by atoms with van der Waals surface area (Å²) in [5, 5.41) is 3.19. The van der Waals surface area contributed by atoms with E-state index < -0.39 is 9.84 Å². The molecule has 19 heavy (non-hydrogen) atoms. The molecule has 1 aliphatic heterocycles. The summed E-state index contributed by atoms with van der Waals surface area (Å²) in [4.78, 5) is 11.6. The third kappa shape index (κ3) is 2.69. The molecule has 7 nitrogen and oxygen atoms in total. The first-order valence-corrected chi connectivity index (χ1v) is 7.89. The molecule has 2 aromatic rings. The Bertz CT molecular complexity index is 709. The fourth-order valence-corrected chi connectivity index (χ4v) is 3.73. The summed E-state index contributed by atoms with van der Waals surface area (Å²) >= 11 is 0. The van der Waals surface area contributed by atoms with E-state index in [-0.39, 0.29) is 17.5 Å². The van der Waals surface area contributed by atoms with Crippen molar-refractivity contribution in [1.29, 1.82) is 0 Å². The predicted octanol–water partition coefficient (Wildman–Crippen LogP) is -0.531.